The van der Waals surface area contributed by atoms with Crippen molar-refractivity contribution in [1.29, 1.82) is 0 Å². The number of methoxy groups -OCH3 is 1. The molecule has 0 saturated carbocycles. The maximum Gasteiger partial charge on any atom is 0.305 e. The van der Waals surface area contributed by atoms with Crippen molar-refractivity contribution in [3.63, 3.8) is 0 Å². The molecule has 0 aromatic rings. The van der Waals surface area contributed by atoms with E-state index in [9.17, 15) is 28.8 Å². The number of nitrogens with zero attached hydrogens (tertiary/aromatic N) is 1. The normalized spacial score (nSPS) is 12.7. The minimum absolute atomic E-state index is 0.0516. The summed E-state index contributed by atoms with van der Waals surface area (Å²) in [7, 11) is 1.21. The summed E-state index contributed by atoms with van der Waals surface area (Å²) < 4.78 is 15.1. The molecule has 0 atom stereocenters. The first-order valence-electron chi connectivity index (χ1n) is 10.7. The molecule has 0 bridgehead atoms. The zero-order valence-corrected chi connectivity index (χ0v) is 18.8. The van der Waals surface area contributed by atoms with Crippen LogP contribution in [0.25, 0.3) is 0 Å². The van der Waals surface area contributed by atoms with E-state index in [2.05, 4.69) is 15.4 Å². The van der Waals surface area contributed by atoms with Crippen molar-refractivity contribution in [3.05, 3.63) is 12.2 Å². The Morgan fingerprint density at radius 3 is 1.97 bits per heavy atom. The molecular weight excluding hydrogens is 438 g/mol. The van der Waals surface area contributed by atoms with E-state index in [1.54, 1.807) is 0 Å². The van der Waals surface area contributed by atoms with Crippen LogP contribution in [0.4, 0.5) is 0 Å². The van der Waals surface area contributed by atoms with E-state index in [4.69, 9.17) is 9.47 Å². The number of amides is 4. The Balaban J connectivity index is 1.87. The number of hydrogen-bond donors (Lipinski definition) is 2. The first-order valence-corrected chi connectivity index (χ1v) is 10.7. The lowest BCUT2D eigenvalue weighted by atomic mass is 10.2. The molecule has 1 aliphatic rings. The highest BCUT2D eigenvalue weighted by molar-refractivity contribution is 6.36. The van der Waals surface area contributed by atoms with Crippen molar-refractivity contribution in [2.75, 3.05) is 53.2 Å². The van der Waals surface area contributed by atoms with Gasteiger partial charge in [0, 0.05) is 57.8 Å². The Hall–Kier alpha value is -3.12. The minimum Gasteiger partial charge on any atom is -0.469 e. The molecule has 2 N–H and O–H groups in total. The Kier molecular flexibility index (Phi) is 14.0. The van der Waals surface area contributed by atoms with Gasteiger partial charge in [-0.25, -0.2) is 0 Å². The van der Waals surface area contributed by atoms with Crippen LogP contribution in [0.15, 0.2) is 12.2 Å². The van der Waals surface area contributed by atoms with Crippen LogP contribution >= 0.6 is 0 Å². The number of nitrogens with one attached hydrogen (secondary N) is 2. The van der Waals surface area contributed by atoms with E-state index in [1.165, 1.54) is 19.3 Å². The van der Waals surface area contributed by atoms with Gasteiger partial charge in [0.15, 0.2) is 0 Å². The van der Waals surface area contributed by atoms with Gasteiger partial charge in [0.1, 0.15) is 0 Å². The van der Waals surface area contributed by atoms with Crippen molar-refractivity contribution in [2.24, 2.45) is 0 Å². The Bertz CT molecular complexity index is 718. The smallest absolute Gasteiger partial charge is 0.305 e. The number of rotatable bonds is 18. The summed E-state index contributed by atoms with van der Waals surface area (Å²) in [5.41, 5.74) is 0. The standard InChI is InChI=1S/C21H31N3O9/c1-31-20(29)7-4-16(25)21(30)23-10-3-13-33-15-14-32-12-2-9-22-17(26)8-11-24-18(27)5-6-19(24)28/h5-6H,2-4,7-15H2,1H3,(H,22,26)(H,23,30). The summed E-state index contributed by atoms with van der Waals surface area (Å²) in [6.07, 6.45) is 3.22. The molecular formula is C21H31N3O9. The van der Waals surface area contributed by atoms with E-state index in [-0.39, 0.29) is 38.3 Å². The van der Waals surface area contributed by atoms with E-state index in [0.29, 0.717) is 45.8 Å². The predicted molar refractivity (Wildman–Crippen MR) is 114 cm³/mol. The zero-order chi connectivity index (χ0) is 24.5. The fourth-order valence-electron chi connectivity index (χ4n) is 2.58. The molecule has 0 unspecified atom stereocenters. The Labute approximate surface area is 192 Å². The molecule has 0 fully saturated rings. The summed E-state index contributed by atoms with van der Waals surface area (Å²) in [4.78, 5) is 69.5. The highest BCUT2D eigenvalue weighted by Crippen LogP contribution is 2.04. The number of esters is 1. The molecule has 1 rings (SSSR count). The molecule has 184 valence electrons. The fraction of sp³-hybridized carbons (Fsp3) is 0.619. The number of Topliss-reactive ketones (excluding diaryl/α,β-unsaturated/α-hetero) is 1. The first-order chi connectivity index (χ1) is 15.8. The van der Waals surface area contributed by atoms with Gasteiger partial charge in [-0.05, 0) is 12.8 Å². The second kappa shape index (κ2) is 16.5. The fourth-order valence-corrected chi connectivity index (χ4v) is 2.58. The second-order valence-electron chi connectivity index (χ2n) is 6.95. The number of imide groups is 1. The summed E-state index contributed by atoms with van der Waals surface area (Å²) in [5, 5.41) is 5.16. The number of hydrogen-bond acceptors (Lipinski definition) is 9. The van der Waals surface area contributed by atoms with Gasteiger partial charge >= 0.3 is 5.97 Å². The Morgan fingerprint density at radius 1 is 0.818 bits per heavy atom. The molecule has 0 radical (unpaired) electrons. The highest BCUT2D eigenvalue weighted by Gasteiger charge is 2.23. The third-order valence-corrected chi connectivity index (χ3v) is 4.41. The van der Waals surface area contributed by atoms with Crippen LogP contribution in [-0.4, -0.2) is 93.5 Å². The quantitative estimate of drug-likeness (QED) is 0.110. The van der Waals surface area contributed by atoms with Crippen LogP contribution in [-0.2, 0) is 43.0 Å². The summed E-state index contributed by atoms with van der Waals surface area (Å²) in [6, 6.07) is 0. The zero-order valence-electron chi connectivity index (χ0n) is 18.8. The monoisotopic (exact) mass is 469 g/mol. The molecule has 0 aliphatic carbocycles. The van der Waals surface area contributed by atoms with Crippen LogP contribution in [0, 0.1) is 0 Å². The predicted octanol–water partition coefficient (Wildman–Crippen LogP) is -1.13. The molecule has 0 aromatic carbocycles. The van der Waals surface area contributed by atoms with Crippen LogP contribution in [0.1, 0.15) is 32.1 Å². The number of carbonyl (C=O) groups is 6. The first kappa shape index (κ1) is 27.9. The molecule has 33 heavy (non-hydrogen) atoms. The van der Waals surface area contributed by atoms with Gasteiger partial charge in [-0.1, -0.05) is 0 Å². The molecule has 1 aliphatic heterocycles. The van der Waals surface area contributed by atoms with Crippen LogP contribution in [0.5, 0.6) is 0 Å². The van der Waals surface area contributed by atoms with Gasteiger partial charge in [0.25, 0.3) is 17.7 Å². The van der Waals surface area contributed by atoms with Gasteiger partial charge in [-0.15, -0.1) is 0 Å². The van der Waals surface area contributed by atoms with E-state index in [1.807, 2.05) is 0 Å². The van der Waals surface area contributed by atoms with E-state index < -0.39 is 29.5 Å². The number of carbonyl (C=O) groups excluding carboxylic acids is 6. The number of ether oxygens (including phenoxy) is 3. The maximum atomic E-state index is 11.7. The van der Waals surface area contributed by atoms with Crippen molar-refractivity contribution in [1.82, 2.24) is 15.5 Å². The molecule has 12 nitrogen and oxygen atoms in total. The molecule has 12 heteroatoms. The number of ketones is 1. The molecule has 1 heterocycles. The van der Waals surface area contributed by atoms with Crippen LogP contribution in [0.3, 0.4) is 0 Å². The Morgan fingerprint density at radius 2 is 1.39 bits per heavy atom. The third-order valence-electron chi connectivity index (χ3n) is 4.41. The van der Waals surface area contributed by atoms with Crippen LogP contribution in [0.2, 0.25) is 0 Å². The van der Waals surface area contributed by atoms with Gasteiger partial charge in [0.05, 0.1) is 26.7 Å². The van der Waals surface area contributed by atoms with Crippen molar-refractivity contribution < 1.29 is 43.0 Å². The van der Waals surface area contributed by atoms with Crippen molar-refractivity contribution in [2.45, 2.75) is 32.1 Å². The second-order valence-corrected chi connectivity index (χ2v) is 6.95. The molecule has 0 spiro atoms. The average molecular weight is 469 g/mol. The largest absolute Gasteiger partial charge is 0.469 e. The summed E-state index contributed by atoms with van der Waals surface area (Å²) in [5.74, 6) is -3.00. The van der Waals surface area contributed by atoms with Crippen molar-refractivity contribution >= 4 is 35.4 Å². The molecule has 4 amide bonds. The maximum absolute atomic E-state index is 11.7. The van der Waals surface area contributed by atoms with Crippen LogP contribution < -0.4 is 10.6 Å². The van der Waals surface area contributed by atoms with E-state index in [0.717, 1.165) is 4.90 Å². The van der Waals surface area contributed by atoms with Gasteiger partial charge < -0.3 is 24.8 Å². The topological polar surface area (TPSA) is 157 Å². The summed E-state index contributed by atoms with van der Waals surface area (Å²) in [6.45, 7) is 2.30. The SMILES string of the molecule is COC(=O)CCC(=O)C(=O)NCCCOCCOCCCNC(=O)CCN1C(=O)C=CC1=O. The average Bonchev–Trinajstić information content (AvgIpc) is 3.13. The van der Waals surface area contributed by atoms with Gasteiger partial charge in [0.2, 0.25) is 11.7 Å². The molecule has 0 saturated heterocycles. The van der Waals surface area contributed by atoms with Gasteiger partial charge in [-0.2, -0.15) is 0 Å². The minimum atomic E-state index is -0.732. The summed E-state index contributed by atoms with van der Waals surface area (Å²) >= 11 is 0. The highest BCUT2D eigenvalue weighted by atomic mass is 16.5. The third kappa shape index (κ3) is 12.5. The lowest BCUT2D eigenvalue weighted by Crippen LogP contribution is -2.35. The lowest BCUT2D eigenvalue weighted by molar-refractivity contribution is -0.143. The van der Waals surface area contributed by atoms with Gasteiger partial charge in [-0.3, -0.25) is 33.7 Å². The van der Waals surface area contributed by atoms with Crippen molar-refractivity contribution in [3.8, 4) is 0 Å². The van der Waals surface area contributed by atoms with E-state index >= 15 is 0 Å². The lowest BCUT2D eigenvalue weighted by Gasteiger charge is -2.13. The molecule has 0 aromatic heterocycles.